The molecule has 178 valence electrons. The Morgan fingerprint density at radius 2 is 1.09 bits per heavy atom. The maximum Gasteiger partial charge on any atom is 0.112 e. The normalized spacial score (nSPS) is 13.0. The number of benzene rings is 3. The molecular weight excluding hydrogens is 402 g/mol. The zero-order valence-electron chi connectivity index (χ0n) is 21.5. The van der Waals surface area contributed by atoms with Gasteiger partial charge in [0, 0.05) is 12.7 Å². The molecule has 0 bridgehead atoms. The van der Waals surface area contributed by atoms with Crippen LogP contribution in [0.2, 0.25) is 0 Å². The van der Waals surface area contributed by atoms with E-state index in [1.54, 1.807) is 0 Å². The highest BCUT2D eigenvalue weighted by Gasteiger charge is 2.16. The highest BCUT2D eigenvalue weighted by Crippen LogP contribution is 2.23. The van der Waals surface area contributed by atoms with Gasteiger partial charge in [-0.2, -0.15) is 0 Å². The van der Waals surface area contributed by atoms with E-state index in [1.807, 2.05) is 65.1 Å². The van der Waals surface area contributed by atoms with Crippen LogP contribution >= 0.6 is 0 Å². The van der Waals surface area contributed by atoms with Crippen LogP contribution in [-0.2, 0) is 4.74 Å². The van der Waals surface area contributed by atoms with Crippen LogP contribution in [0.1, 0.15) is 58.9 Å². The topological polar surface area (TPSA) is 21.3 Å². The molecule has 1 N–H and O–H groups in total. The summed E-state index contributed by atoms with van der Waals surface area (Å²) >= 11 is 0. The Hall–Kier alpha value is -3.00. The van der Waals surface area contributed by atoms with E-state index in [2.05, 4.69) is 72.9 Å². The standard InChI is InChI=1S/C12H10.C10H19NO.C7H8.C2H6/c1-3-7-11(8-4-1)12-9-5-2-6-10-12;1-8(11-3)9(2)12-10-6-4-5-7-10;1-7-5-3-2-4-6-7;1-2/h1-10H;10-11H,4-7H2,1-3H3;2-6H,1H3;1-2H3/b;9-8+;;. The summed E-state index contributed by atoms with van der Waals surface area (Å²) in [6.07, 6.45) is 5.60. The van der Waals surface area contributed by atoms with Crippen molar-refractivity contribution in [2.45, 2.75) is 66.4 Å². The molecule has 2 heteroatoms. The third-order valence-corrected chi connectivity index (χ3v) is 5.37. The molecule has 0 atom stereocenters. The van der Waals surface area contributed by atoms with Gasteiger partial charge in [-0.1, -0.05) is 110 Å². The van der Waals surface area contributed by atoms with Gasteiger partial charge in [-0.25, -0.2) is 0 Å². The fourth-order valence-corrected chi connectivity index (χ4v) is 3.32. The number of hydrogen-bond acceptors (Lipinski definition) is 2. The molecule has 3 aromatic carbocycles. The first kappa shape index (κ1) is 28.0. The zero-order valence-corrected chi connectivity index (χ0v) is 21.5. The van der Waals surface area contributed by atoms with Crippen molar-refractivity contribution in [3.63, 3.8) is 0 Å². The summed E-state index contributed by atoms with van der Waals surface area (Å²) in [6, 6.07) is 31.0. The third-order valence-electron chi connectivity index (χ3n) is 5.37. The first-order valence-corrected chi connectivity index (χ1v) is 12.2. The number of aryl methyl sites for hydroxylation is 1. The van der Waals surface area contributed by atoms with Crippen molar-refractivity contribution in [2.75, 3.05) is 7.05 Å². The summed E-state index contributed by atoms with van der Waals surface area (Å²) in [5, 5.41) is 3.09. The van der Waals surface area contributed by atoms with Gasteiger partial charge in [0.05, 0.1) is 6.10 Å². The monoisotopic (exact) mass is 445 g/mol. The molecule has 0 saturated heterocycles. The molecule has 0 unspecified atom stereocenters. The van der Waals surface area contributed by atoms with Crippen molar-refractivity contribution in [1.29, 1.82) is 0 Å². The average molecular weight is 446 g/mol. The summed E-state index contributed by atoms with van der Waals surface area (Å²) in [4.78, 5) is 0. The van der Waals surface area contributed by atoms with Crippen LogP contribution in [0, 0.1) is 6.92 Å². The van der Waals surface area contributed by atoms with E-state index < -0.39 is 0 Å². The lowest BCUT2D eigenvalue weighted by molar-refractivity contribution is 0.120. The van der Waals surface area contributed by atoms with Gasteiger partial charge in [0.1, 0.15) is 5.76 Å². The Labute approximate surface area is 202 Å². The Balaban J connectivity index is 0.000000246. The summed E-state index contributed by atoms with van der Waals surface area (Å²) < 4.78 is 5.78. The predicted octanol–water partition coefficient (Wildman–Crippen LogP) is 8.79. The molecule has 0 aromatic heterocycles. The number of hydrogen-bond donors (Lipinski definition) is 1. The summed E-state index contributed by atoms with van der Waals surface area (Å²) in [5.41, 5.74) is 5.01. The van der Waals surface area contributed by atoms with E-state index in [9.17, 15) is 0 Å². The van der Waals surface area contributed by atoms with Gasteiger partial charge < -0.3 is 10.1 Å². The molecule has 1 saturated carbocycles. The molecule has 1 aliphatic rings. The average Bonchev–Trinajstić information content (AvgIpc) is 3.40. The molecule has 0 aliphatic heterocycles. The van der Waals surface area contributed by atoms with Gasteiger partial charge >= 0.3 is 0 Å². The number of rotatable bonds is 4. The van der Waals surface area contributed by atoms with Gasteiger partial charge in [0.2, 0.25) is 0 Å². The van der Waals surface area contributed by atoms with Crippen LogP contribution in [0.3, 0.4) is 0 Å². The van der Waals surface area contributed by atoms with Crippen molar-refractivity contribution < 1.29 is 4.74 Å². The molecule has 1 aliphatic carbocycles. The van der Waals surface area contributed by atoms with Crippen LogP contribution in [0.5, 0.6) is 0 Å². The van der Waals surface area contributed by atoms with Crippen LogP contribution in [0.15, 0.2) is 102 Å². The minimum absolute atomic E-state index is 0.480. The van der Waals surface area contributed by atoms with Crippen LogP contribution in [0.25, 0.3) is 11.1 Å². The Bertz CT molecular complexity index is 829. The third kappa shape index (κ3) is 12.0. The Morgan fingerprint density at radius 1 is 0.697 bits per heavy atom. The van der Waals surface area contributed by atoms with Crippen molar-refractivity contribution >= 4 is 0 Å². The molecule has 3 aromatic rings. The van der Waals surface area contributed by atoms with Gasteiger partial charge in [0.25, 0.3) is 0 Å². The lowest BCUT2D eigenvalue weighted by Crippen LogP contribution is -2.11. The number of allylic oxidation sites excluding steroid dienone is 2. The van der Waals surface area contributed by atoms with Crippen LogP contribution in [-0.4, -0.2) is 13.2 Å². The molecule has 1 fully saturated rings. The maximum atomic E-state index is 5.78. The molecule has 0 radical (unpaired) electrons. The summed E-state index contributed by atoms with van der Waals surface area (Å²) in [7, 11) is 1.93. The summed E-state index contributed by atoms with van der Waals surface area (Å²) in [5.74, 6) is 1.05. The van der Waals surface area contributed by atoms with E-state index >= 15 is 0 Å². The van der Waals surface area contributed by atoms with Gasteiger partial charge in [-0.3, -0.25) is 0 Å². The van der Waals surface area contributed by atoms with Crippen molar-refractivity contribution in [3.8, 4) is 11.1 Å². The fraction of sp³-hybridized carbons (Fsp3) is 0.355. The molecule has 0 heterocycles. The summed E-state index contributed by atoms with van der Waals surface area (Å²) in [6.45, 7) is 10.2. The van der Waals surface area contributed by atoms with Crippen molar-refractivity contribution in [2.24, 2.45) is 0 Å². The smallest absolute Gasteiger partial charge is 0.112 e. The van der Waals surface area contributed by atoms with Crippen LogP contribution < -0.4 is 5.32 Å². The number of nitrogens with one attached hydrogen (secondary N) is 1. The van der Waals surface area contributed by atoms with E-state index in [1.165, 1.54) is 42.4 Å². The Morgan fingerprint density at radius 3 is 1.42 bits per heavy atom. The molecule has 2 nitrogen and oxygen atoms in total. The van der Waals surface area contributed by atoms with Gasteiger partial charge in [-0.05, 0) is 57.6 Å². The quantitative estimate of drug-likeness (QED) is 0.405. The fourth-order valence-electron chi connectivity index (χ4n) is 3.32. The van der Waals surface area contributed by atoms with E-state index in [0.29, 0.717) is 6.10 Å². The molecular formula is C31H43NO. The molecule has 0 spiro atoms. The minimum Gasteiger partial charge on any atom is -0.493 e. The number of ether oxygens (including phenoxy) is 1. The largest absolute Gasteiger partial charge is 0.493 e. The highest BCUT2D eigenvalue weighted by molar-refractivity contribution is 5.62. The van der Waals surface area contributed by atoms with Gasteiger partial charge in [0.15, 0.2) is 0 Å². The first-order chi connectivity index (χ1) is 16.1. The molecule has 33 heavy (non-hydrogen) atoms. The predicted molar refractivity (Wildman–Crippen MR) is 145 cm³/mol. The van der Waals surface area contributed by atoms with Crippen molar-refractivity contribution in [1.82, 2.24) is 5.32 Å². The first-order valence-electron chi connectivity index (χ1n) is 12.2. The van der Waals surface area contributed by atoms with E-state index in [-0.39, 0.29) is 0 Å². The lowest BCUT2D eigenvalue weighted by atomic mass is 10.1. The minimum atomic E-state index is 0.480. The van der Waals surface area contributed by atoms with E-state index in [4.69, 9.17) is 4.74 Å². The molecule has 4 rings (SSSR count). The SMILES string of the molecule is CC.CN/C(C)=C(\C)OC1CCCC1.Cc1ccccc1.c1ccc(-c2ccccc2)cc1. The van der Waals surface area contributed by atoms with Crippen molar-refractivity contribution in [3.05, 3.63) is 108 Å². The highest BCUT2D eigenvalue weighted by atomic mass is 16.5. The van der Waals surface area contributed by atoms with E-state index in [0.717, 1.165) is 11.5 Å². The van der Waals surface area contributed by atoms with Gasteiger partial charge in [-0.15, -0.1) is 0 Å². The molecule has 0 amide bonds. The second-order valence-corrected chi connectivity index (χ2v) is 7.84. The zero-order chi connectivity index (χ0) is 24.3. The van der Waals surface area contributed by atoms with Crippen LogP contribution in [0.4, 0.5) is 0 Å². The maximum absolute atomic E-state index is 5.78. The lowest BCUT2D eigenvalue weighted by Gasteiger charge is -2.15. The second-order valence-electron chi connectivity index (χ2n) is 7.84. The second kappa shape index (κ2) is 17.5. The Kier molecular flexibility index (Phi) is 14.9.